The van der Waals surface area contributed by atoms with Crippen LogP contribution < -0.4 is 10.5 Å². The lowest BCUT2D eigenvalue weighted by Crippen LogP contribution is -2.42. The van der Waals surface area contributed by atoms with Gasteiger partial charge in [0.15, 0.2) is 0 Å². The number of nitrogens with two attached hydrogens (primary N) is 1. The van der Waals surface area contributed by atoms with Gasteiger partial charge in [0.2, 0.25) is 0 Å². The molecule has 2 rings (SSSR count). The molecule has 0 radical (unpaired) electrons. The van der Waals surface area contributed by atoms with Gasteiger partial charge in [0.25, 0.3) is 5.91 Å². The Morgan fingerprint density at radius 1 is 1.32 bits per heavy atom. The van der Waals surface area contributed by atoms with E-state index in [0.717, 1.165) is 13.1 Å². The van der Waals surface area contributed by atoms with E-state index in [2.05, 4.69) is 13.8 Å². The van der Waals surface area contributed by atoms with Crippen LogP contribution in [0.4, 0.5) is 5.69 Å². The van der Waals surface area contributed by atoms with Gasteiger partial charge in [-0.2, -0.15) is 0 Å². The zero-order valence-electron chi connectivity index (χ0n) is 11.8. The minimum Gasteiger partial charge on any atom is -0.496 e. The molecule has 1 aromatic rings. The second kappa shape index (κ2) is 5.51. The number of benzene rings is 1. The van der Waals surface area contributed by atoms with Gasteiger partial charge in [0, 0.05) is 18.8 Å². The topological polar surface area (TPSA) is 55.6 Å². The van der Waals surface area contributed by atoms with Crippen molar-refractivity contribution in [3.63, 3.8) is 0 Å². The molecule has 0 unspecified atom stereocenters. The molecule has 0 spiro atoms. The van der Waals surface area contributed by atoms with E-state index < -0.39 is 0 Å². The maximum atomic E-state index is 12.6. The molecule has 4 heteroatoms. The molecule has 1 saturated heterocycles. The minimum atomic E-state index is 0.0163. The molecule has 2 N–H and O–H groups in total. The van der Waals surface area contributed by atoms with Crippen molar-refractivity contribution < 1.29 is 9.53 Å². The quantitative estimate of drug-likeness (QED) is 0.833. The fourth-order valence-electron chi connectivity index (χ4n) is 2.89. The number of piperidine rings is 1. The molecule has 1 aromatic carbocycles. The molecule has 4 nitrogen and oxygen atoms in total. The Hall–Kier alpha value is -1.71. The summed E-state index contributed by atoms with van der Waals surface area (Å²) in [6.45, 7) is 5.99. The summed E-state index contributed by atoms with van der Waals surface area (Å²) in [6.07, 6.45) is 1.18. The van der Waals surface area contributed by atoms with Crippen LogP contribution in [-0.4, -0.2) is 31.0 Å². The van der Waals surface area contributed by atoms with Crippen molar-refractivity contribution in [2.75, 3.05) is 25.9 Å². The fraction of sp³-hybridized carbons (Fsp3) is 0.533. The third-order valence-electron chi connectivity index (χ3n) is 3.61. The Balaban J connectivity index is 2.26. The van der Waals surface area contributed by atoms with Gasteiger partial charge in [-0.1, -0.05) is 13.8 Å². The van der Waals surface area contributed by atoms with Crippen molar-refractivity contribution in [2.24, 2.45) is 11.8 Å². The van der Waals surface area contributed by atoms with Gasteiger partial charge in [-0.15, -0.1) is 0 Å². The SMILES string of the molecule is COc1ccc(N)cc1C(=O)N1C[C@H](C)C[C@@H](C)C1. The Bertz CT molecular complexity index is 463. The van der Waals surface area contributed by atoms with Gasteiger partial charge in [0.1, 0.15) is 5.75 Å². The molecule has 0 bridgehead atoms. The summed E-state index contributed by atoms with van der Waals surface area (Å²) in [6, 6.07) is 5.20. The van der Waals surface area contributed by atoms with E-state index >= 15 is 0 Å². The largest absolute Gasteiger partial charge is 0.496 e. The number of nitrogens with zero attached hydrogens (tertiary/aromatic N) is 1. The highest BCUT2D eigenvalue weighted by Gasteiger charge is 2.27. The van der Waals surface area contributed by atoms with Crippen molar-refractivity contribution >= 4 is 11.6 Å². The van der Waals surface area contributed by atoms with Crippen LogP contribution in [0.25, 0.3) is 0 Å². The van der Waals surface area contributed by atoms with Gasteiger partial charge in [-0.25, -0.2) is 0 Å². The monoisotopic (exact) mass is 262 g/mol. The number of ether oxygens (including phenoxy) is 1. The van der Waals surface area contributed by atoms with E-state index in [-0.39, 0.29) is 5.91 Å². The Morgan fingerprint density at radius 3 is 2.53 bits per heavy atom. The predicted molar refractivity (Wildman–Crippen MR) is 76.3 cm³/mol. The van der Waals surface area contributed by atoms with E-state index in [4.69, 9.17) is 10.5 Å². The molecule has 1 heterocycles. The zero-order chi connectivity index (χ0) is 14.0. The van der Waals surface area contributed by atoms with Crippen LogP contribution in [0.2, 0.25) is 0 Å². The number of methoxy groups -OCH3 is 1. The summed E-state index contributed by atoms with van der Waals surface area (Å²) < 4.78 is 5.26. The number of likely N-dealkylation sites (tertiary alicyclic amines) is 1. The number of carbonyl (C=O) groups is 1. The van der Waals surface area contributed by atoms with E-state index in [1.165, 1.54) is 6.42 Å². The first-order chi connectivity index (χ1) is 9.01. The molecule has 2 atom stereocenters. The van der Waals surface area contributed by atoms with Gasteiger partial charge >= 0.3 is 0 Å². The normalized spacial score (nSPS) is 23.2. The molecule has 19 heavy (non-hydrogen) atoms. The smallest absolute Gasteiger partial charge is 0.257 e. The fourth-order valence-corrected chi connectivity index (χ4v) is 2.89. The second-order valence-corrected chi connectivity index (χ2v) is 5.62. The van der Waals surface area contributed by atoms with Crippen molar-refractivity contribution in [2.45, 2.75) is 20.3 Å². The number of hydrogen-bond donors (Lipinski definition) is 1. The standard InChI is InChI=1S/C15H22N2O2/c1-10-6-11(2)9-17(8-10)15(18)13-7-12(16)4-5-14(13)19-3/h4-5,7,10-11H,6,8-9,16H2,1-3H3/t10-,11-/m1/s1. The summed E-state index contributed by atoms with van der Waals surface area (Å²) in [5.41, 5.74) is 6.92. The Morgan fingerprint density at radius 2 is 1.95 bits per heavy atom. The lowest BCUT2D eigenvalue weighted by atomic mass is 9.91. The molecule has 1 aliphatic rings. The van der Waals surface area contributed by atoms with Crippen LogP contribution in [-0.2, 0) is 0 Å². The number of amides is 1. The summed E-state index contributed by atoms with van der Waals surface area (Å²) in [4.78, 5) is 14.5. The van der Waals surface area contributed by atoms with E-state index in [0.29, 0.717) is 28.8 Å². The number of anilines is 1. The third-order valence-corrected chi connectivity index (χ3v) is 3.61. The lowest BCUT2D eigenvalue weighted by Gasteiger charge is -2.35. The van der Waals surface area contributed by atoms with Crippen LogP contribution in [0.5, 0.6) is 5.75 Å². The van der Waals surface area contributed by atoms with Crippen LogP contribution in [0, 0.1) is 11.8 Å². The summed E-state index contributed by atoms with van der Waals surface area (Å²) in [5.74, 6) is 1.69. The van der Waals surface area contributed by atoms with E-state index in [1.54, 1.807) is 25.3 Å². The average molecular weight is 262 g/mol. The van der Waals surface area contributed by atoms with Crippen molar-refractivity contribution in [1.29, 1.82) is 0 Å². The maximum Gasteiger partial charge on any atom is 0.257 e. The molecular weight excluding hydrogens is 240 g/mol. The van der Waals surface area contributed by atoms with Crippen molar-refractivity contribution in [1.82, 2.24) is 4.90 Å². The highest BCUT2D eigenvalue weighted by molar-refractivity contribution is 5.97. The van der Waals surface area contributed by atoms with Gasteiger partial charge in [-0.05, 0) is 36.5 Å². The number of hydrogen-bond acceptors (Lipinski definition) is 3. The summed E-state index contributed by atoms with van der Waals surface area (Å²) in [5, 5.41) is 0. The number of rotatable bonds is 2. The molecule has 104 valence electrons. The van der Waals surface area contributed by atoms with Crippen LogP contribution in [0.15, 0.2) is 18.2 Å². The average Bonchev–Trinajstić information content (AvgIpc) is 2.36. The molecule has 0 saturated carbocycles. The molecule has 0 aromatic heterocycles. The molecule has 1 amide bonds. The van der Waals surface area contributed by atoms with Gasteiger partial charge in [-0.3, -0.25) is 4.79 Å². The van der Waals surface area contributed by atoms with Gasteiger partial charge in [0.05, 0.1) is 12.7 Å². The van der Waals surface area contributed by atoms with Crippen LogP contribution in [0.1, 0.15) is 30.6 Å². The first-order valence-electron chi connectivity index (χ1n) is 6.74. The van der Waals surface area contributed by atoms with Gasteiger partial charge < -0.3 is 15.4 Å². The van der Waals surface area contributed by atoms with Crippen LogP contribution >= 0.6 is 0 Å². The summed E-state index contributed by atoms with van der Waals surface area (Å²) in [7, 11) is 1.57. The number of carbonyl (C=O) groups excluding carboxylic acids is 1. The molecule has 1 aliphatic heterocycles. The Kier molecular flexibility index (Phi) is 3.98. The predicted octanol–water partition coefficient (Wildman–Crippen LogP) is 2.40. The zero-order valence-corrected chi connectivity index (χ0v) is 11.8. The Labute approximate surface area is 114 Å². The summed E-state index contributed by atoms with van der Waals surface area (Å²) >= 11 is 0. The third kappa shape index (κ3) is 3.00. The van der Waals surface area contributed by atoms with E-state index in [1.807, 2.05) is 4.90 Å². The van der Waals surface area contributed by atoms with E-state index in [9.17, 15) is 4.79 Å². The highest BCUT2D eigenvalue weighted by Crippen LogP contribution is 2.27. The van der Waals surface area contributed by atoms with Crippen molar-refractivity contribution in [3.8, 4) is 5.75 Å². The maximum absolute atomic E-state index is 12.6. The molecule has 0 aliphatic carbocycles. The molecule has 1 fully saturated rings. The first-order valence-corrected chi connectivity index (χ1v) is 6.74. The second-order valence-electron chi connectivity index (χ2n) is 5.62. The first kappa shape index (κ1) is 13.7. The van der Waals surface area contributed by atoms with Crippen LogP contribution in [0.3, 0.4) is 0 Å². The molecular formula is C15H22N2O2. The minimum absolute atomic E-state index is 0.0163. The number of nitrogen functional groups attached to an aromatic ring is 1. The highest BCUT2D eigenvalue weighted by atomic mass is 16.5. The lowest BCUT2D eigenvalue weighted by molar-refractivity contribution is 0.0620. The van der Waals surface area contributed by atoms with Crippen molar-refractivity contribution in [3.05, 3.63) is 23.8 Å².